The highest BCUT2D eigenvalue weighted by Gasteiger charge is 2.27. The zero-order valence-electron chi connectivity index (χ0n) is 11.1. The smallest absolute Gasteiger partial charge is 0.305 e. The summed E-state index contributed by atoms with van der Waals surface area (Å²) in [6, 6.07) is 6.04. The number of carboxylic acid groups (broad SMARTS) is 1. The molecular weight excluding hydrogens is 249 g/mol. The van der Waals surface area contributed by atoms with Crippen LogP contribution in [0.4, 0.5) is 4.39 Å². The highest BCUT2D eigenvalue weighted by Crippen LogP contribution is 2.15. The van der Waals surface area contributed by atoms with Crippen LogP contribution >= 0.6 is 0 Å². The Bertz CT molecular complexity index is 476. The maximum absolute atomic E-state index is 13.4. The zero-order valence-corrected chi connectivity index (χ0v) is 11.1. The van der Waals surface area contributed by atoms with Crippen molar-refractivity contribution < 1.29 is 19.1 Å². The van der Waals surface area contributed by atoms with E-state index in [1.54, 1.807) is 26.0 Å². The fourth-order valence-corrected chi connectivity index (χ4v) is 1.79. The van der Waals surface area contributed by atoms with Crippen LogP contribution in [-0.2, 0) is 16.0 Å². The molecule has 2 N–H and O–H groups in total. The molecule has 1 atom stereocenters. The summed E-state index contributed by atoms with van der Waals surface area (Å²) in [5.74, 6) is -1.79. The molecule has 1 aromatic carbocycles. The highest BCUT2D eigenvalue weighted by molar-refractivity contribution is 5.80. The summed E-state index contributed by atoms with van der Waals surface area (Å²) < 4.78 is 13.4. The molecule has 1 amide bonds. The molecule has 19 heavy (non-hydrogen) atoms. The molecule has 0 aliphatic carbocycles. The van der Waals surface area contributed by atoms with E-state index in [1.165, 1.54) is 12.1 Å². The van der Waals surface area contributed by atoms with Crippen LogP contribution < -0.4 is 5.32 Å². The number of benzene rings is 1. The van der Waals surface area contributed by atoms with Crippen LogP contribution in [0.1, 0.15) is 32.3 Å². The van der Waals surface area contributed by atoms with E-state index in [9.17, 15) is 14.0 Å². The van der Waals surface area contributed by atoms with Crippen LogP contribution in [0, 0.1) is 5.82 Å². The van der Waals surface area contributed by atoms with E-state index in [1.807, 2.05) is 0 Å². The van der Waals surface area contributed by atoms with Gasteiger partial charge >= 0.3 is 5.97 Å². The fraction of sp³-hybridized carbons (Fsp3) is 0.429. The number of carbonyl (C=O) groups is 2. The van der Waals surface area contributed by atoms with E-state index in [2.05, 4.69) is 5.32 Å². The van der Waals surface area contributed by atoms with E-state index < -0.39 is 17.3 Å². The number of carboxylic acids is 1. The van der Waals surface area contributed by atoms with Gasteiger partial charge in [0.25, 0.3) is 0 Å². The summed E-state index contributed by atoms with van der Waals surface area (Å²) in [6.45, 7) is 3.46. The number of halogens is 1. The van der Waals surface area contributed by atoms with Gasteiger partial charge in [-0.2, -0.15) is 0 Å². The Labute approximate surface area is 111 Å². The van der Waals surface area contributed by atoms with Gasteiger partial charge in [-0.3, -0.25) is 9.59 Å². The second-order valence-electron chi connectivity index (χ2n) is 4.80. The van der Waals surface area contributed by atoms with Crippen LogP contribution in [0.3, 0.4) is 0 Å². The molecule has 1 aromatic rings. The summed E-state index contributed by atoms with van der Waals surface area (Å²) in [6.07, 6.45) is 0.233. The van der Waals surface area contributed by atoms with Crippen LogP contribution in [0.2, 0.25) is 0 Å². The van der Waals surface area contributed by atoms with Crippen LogP contribution in [0.5, 0.6) is 0 Å². The van der Waals surface area contributed by atoms with Gasteiger partial charge in [0.1, 0.15) is 5.82 Å². The van der Waals surface area contributed by atoms with Crippen molar-refractivity contribution in [1.82, 2.24) is 5.32 Å². The zero-order chi connectivity index (χ0) is 14.5. The van der Waals surface area contributed by atoms with Crippen molar-refractivity contribution in [2.24, 2.45) is 0 Å². The average Bonchev–Trinajstić information content (AvgIpc) is 2.31. The van der Waals surface area contributed by atoms with E-state index in [0.29, 0.717) is 12.0 Å². The van der Waals surface area contributed by atoms with E-state index in [0.717, 1.165) is 0 Å². The summed E-state index contributed by atoms with van der Waals surface area (Å²) in [4.78, 5) is 22.6. The largest absolute Gasteiger partial charge is 0.481 e. The van der Waals surface area contributed by atoms with Gasteiger partial charge in [-0.1, -0.05) is 25.1 Å². The van der Waals surface area contributed by atoms with Crippen molar-refractivity contribution in [3.63, 3.8) is 0 Å². The van der Waals surface area contributed by atoms with Gasteiger partial charge in [0.15, 0.2) is 0 Å². The highest BCUT2D eigenvalue weighted by atomic mass is 19.1. The normalized spacial score (nSPS) is 13.6. The Morgan fingerprint density at radius 2 is 2.00 bits per heavy atom. The first-order chi connectivity index (χ1) is 8.86. The molecule has 0 unspecified atom stereocenters. The van der Waals surface area contributed by atoms with Crippen molar-refractivity contribution >= 4 is 11.9 Å². The lowest BCUT2D eigenvalue weighted by atomic mass is 9.94. The molecule has 0 saturated carbocycles. The molecule has 0 spiro atoms. The minimum atomic E-state index is -0.976. The second kappa shape index (κ2) is 6.31. The Morgan fingerprint density at radius 1 is 1.37 bits per heavy atom. The molecule has 0 heterocycles. The topological polar surface area (TPSA) is 66.4 Å². The maximum atomic E-state index is 13.4. The predicted molar refractivity (Wildman–Crippen MR) is 69.2 cm³/mol. The molecule has 4 nitrogen and oxygen atoms in total. The van der Waals surface area contributed by atoms with Gasteiger partial charge in [-0.15, -0.1) is 0 Å². The average molecular weight is 267 g/mol. The first kappa shape index (κ1) is 15.1. The van der Waals surface area contributed by atoms with Crippen molar-refractivity contribution in [3.8, 4) is 0 Å². The molecule has 0 aliphatic rings. The number of rotatable bonds is 6. The lowest BCUT2D eigenvalue weighted by Crippen LogP contribution is -2.47. The molecule has 0 bridgehead atoms. The van der Waals surface area contributed by atoms with Crippen LogP contribution in [0.15, 0.2) is 24.3 Å². The summed E-state index contributed by atoms with van der Waals surface area (Å²) in [5.41, 5.74) is -0.512. The number of nitrogens with one attached hydrogen (secondary N) is 1. The lowest BCUT2D eigenvalue weighted by Gasteiger charge is -2.28. The third-order valence-electron chi connectivity index (χ3n) is 3.07. The summed E-state index contributed by atoms with van der Waals surface area (Å²) >= 11 is 0. The second-order valence-corrected chi connectivity index (χ2v) is 4.80. The Balaban J connectivity index is 2.69. The molecule has 0 radical (unpaired) electrons. The maximum Gasteiger partial charge on any atom is 0.305 e. The van der Waals surface area contributed by atoms with E-state index in [-0.39, 0.29) is 18.7 Å². The monoisotopic (exact) mass is 267 g/mol. The van der Waals surface area contributed by atoms with Gasteiger partial charge in [0.05, 0.1) is 12.8 Å². The number of hydrogen-bond donors (Lipinski definition) is 2. The van der Waals surface area contributed by atoms with Crippen molar-refractivity contribution in [1.29, 1.82) is 0 Å². The van der Waals surface area contributed by atoms with Gasteiger partial charge < -0.3 is 10.4 Å². The molecule has 0 aliphatic heterocycles. The molecule has 0 saturated heterocycles. The molecular formula is C14H18FNO3. The minimum Gasteiger partial charge on any atom is -0.481 e. The van der Waals surface area contributed by atoms with Crippen molar-refractivity contribution in [2.45, 2.75) is 38.6 Å². The van der Waals surface area contributed by atoms with Crippen LogP contribution in [-0.4, -0.2) is 22.5 Å². The van der Waals surface area contributed by atoms with E-state index >= 15 is 0 Å². The first-order valence-corrected chi connectivity index (χ1v) is 6.12. The molecule has 104 valence electrons. The van der Waals surface area contributed by atoms with E-state index in [4.69, 9.17) is 5.11 Å². The number of hydrogen-bond acceptors (Lipinski definition) is 2. The molecule has 1 rings (SSSR count). The van der Waals surface area contributed by atoms with Crippen LogP contribution in [0.25, 0.3) is 0 Å². The van der Waals surface area contributed by atoms with Gasteiger partial charge in [-0.25, -0.2) is 4.39 Å². The predicted octanol–water partition coefficient (Wildman–Crippen LogP) is 2.13. The van der Waals surface area contributed by atoms with Gasteiger partial charge in [-0.05, 0) is 25.0 Å². The minimum absolute atomic E-state index is 0.0954. The van der Waals surface area contributed by atoms with Gasteiger partial charge in [0, 0.05) is 5.54 Å². The third kappa shape index (κ3) is 4.69. The number of amides is 1. The molecule has 5 heteroatoms. The standard InChI is InChI=1S/C14H18FNO3/c1-3-14(2,9-13(18)19)16-12(17)8-10-6-4-5-7-11(10)15/h4-7H,3,8-9H2,1-2H3,(H,16,17)(H,18,19)/t14-/m0/s1. The Morgan fingerprint density at radius 3 is 2.53 bits per heavy atom. The lowest BCUT2D eigenvalue weighted by molar-refractivity contribution is -0.139. The molecule has 0 fully saturated rings. The van der Waals surface area contributed by atoms with Crippen molar-refractivity contribution in [2.75, 3.05) is 0 Å². The Kier molecular flexibility index (Phi) is 5.03. The number of aliphatic carboxylic acids is 1. The SMILES string of the molecule is CC[C@@](C)(CC(=O)O)NC(=O)Cc1ccccc1F. The van der Waals surface area contributed by atoms with Crippen molar-refractivity contribution in [3.05, 3.63) is 35.6 Å². The van der Waals surface area contributed by atoms with Gasteiger partial charge in [0.2, 0.25) is 5.91 Å². The third-order valence-corrected chi connectivity index (χ3v) is 3.07. The fourth-order valence-electron chi connectivity index (χ4n) is 1.79. The summed E-state index contributed by atoms with van der Waals surface area (Å²) in [5, 5.41) is 11.5. The first-order valence-electron chi connectivity index (χ1n) is 6.12. The molecule has 0 aromatic heterocycles. The Hall–Kier alpha value is -1.91. The quantitative estimate of drug-likeness (QED) is 0.829. The summed E-state index contributed by atoms with van der Waals surface area (Å²) in [7, 11) is 0. The number of carbonyl (C=O) groups excluding carboxylic acids is 1.